The number of hydrogen-bond donors (Lipinski definition) is 1. The van der Waals surface area contributed by atoms with E-state index in [0.29, 0.717) is 23.6 Å². The Labute approximate surface area is 123 Å². The van der Waals surface area contributed by atoms with Gasteiger partial charge in [-0.25, -0.2) is 4.98 Å². The summed E-state index contributed by atoms with van der Waals surface area (Å²) in [6.07, 6.45) is 1.25. The number of nitrogens with zero attached hydrogens (tertiary/aromatic N) is 3. The molecule has 0 aromatic carbocycles. The second-order valence-corrected chi connectivity index (χ2v) is 5.56. The van der Waals surface area contributed by atoms with E-state index in [2.05, 4.69) is 4.98 Å². The maximum Gasteiger partial charge on any atom is 0.273 e. The standard InChI is InChI=1S/C15H17N3O3/c1-9-10(6-16)2-5-12(17-9)15(20)18(11-3-4-11)13-7-21-8-14(13)19/h2,5,11,13-14,19H,3-4,7-8H2,1H3/t13-,14-/m1/s1. The molecule has 21 heavy (non-hydrogen) atoms. The first-order valence-corrected chi connectivity index (χ1v) is 7.08. The fourth-order valence-electron chi connectivity index (χ4n) is 2.67. The zero-order valence-corrected chi connectivity index (χ0v) is 11.8. The van der Waals surface area contributed by atoms with Crippen molar-refractivity contribution in [2.75, 3.05) is 13.2 Å². The van der Waals surface area contributed by atoms with Crippen molar-refractivity contribution < 1.29 is 14.6 Å². The van der Waals surface area contributed by atoms with Crippen LogP contribution in [0.15, 0.2) is 12.1 Å². The number of ether oxygens (including phenoxy) is 1. The summed E-state index contributed by atoms with van der Waals surface area (Å²) >= 11 is 0. The molecular weight excluding hydrogens is 270 g/mol. The summed E-state index contributed by atoms with van der Waals surface area (Å²) in [5.74, 6) is -0.195. The number of carbonyl (C=O) groups excluding carboxylic acids is 1. The Hall–Kier alpha value is -1.97. The Bertz CT molecular complexity index is 607. The molecule has 2 atom stereocenters. The summed E-state index contributed by atoms with van der Waals surface area (Å²) in [6.45, 7) is 2.34. The Morgan fingerprint density at radius 1 is 1.48 bits per heavy atom. The SMILES string of the molecule is Cc1nc(C(=O)N(C2CC2)[C@@H]2COC[C@H]2O)ccc1C#N. The average molecular weight is 287 g/mol. The molecule has 0 bridgehead atoms. The molecule has 0 spiro atoms. The normalized spacial score (nSPS) is 24.6. The molecule has 6 heteroatoms. The van der Waals surface area contributed by atoms with Crippen LogP contribution in [0.3, 0.4) is 0 Å². The topological polar surface area (TPSA) is 86.5 Å². The number of amides is 1. The molecule has 1 aromatic heterocycles. The number of aromatic nitrogens is 1. The highest BCUT2D eigenvalue weighted by molar-refractivity contribution is 5.93. The van der Waals surface area contributed by atoms with Crippen LogP contribution >= 0.6 is 0 Å². The highest BCUT2D eigenvalue weighted by Gasteiger charge is 2.43. The lowest BCUT2D eigenvalue weighted by Crippen LogP contribution is -2.48. The molecule has 0 radical (unpaired) electrons. The van der Waals surface area contributed by atoms with Crippen LogP contribution in [0.2, 0.25) is 0 Å². The second-order valence-electron chi connectivity index (χ2n) is 5.56. The lowest BCUT2D eigenvalue weighted by atomic mass is 10.1. The number of aryl methyl sites for hydroxylation is 1. The van der Waals surface area contributed by atoms with Crippen molar-refractivity contribution in [2.45, 2.75) is 38.0 Å². The molecule has 1 amide bonds. The van der Waals surface area contributed by atoms with Gasteiger partial charge in [0.05, 0.1) is 36.6 Å². The first-order valence-electron chi connectivity index (χ1n) is 7.08. The minimum absolute atomic E-state index is 0.164. The summed E-state index contributed by atoms with van der Waals surface area (Å²) < 4.78 is 5.27. The van der Waals surface area contributed by atoms with Crippen molar-refractivity contribution in [1.82, 2.24) is 9.88 Å². The molecule has 1 saturated heterocycles. The van der Waals surface area contributed by atoms with E-state index in [0.717, 1.165) is 12.8 Å². The lowest BCUT2D eigenvalue weighted by molar-refractivity contribution is 0.0473. The van der Waals surface area contributed by atoms with E-state index in [1.807, 2.05) is 6.07 Å². The zero-order valence-electron chi connectivity index (χ0n) is 11.8. The first kappa shape index (κ1) is 14.0. The van der Waals surface area contributed by atoms with Gasteiger partial charge in [0, 0.05) is 6.04 Å². The minimum atomic E-state index is -0.644. The van der Waals surface area contributed by atoms with Crippen LogP contribution in [0.4, 0.5) is 0 Å². The molecule has 1 saturated carbocycles. The molecule has 1 aliphatic carbocycles. The van der Waals surface area contributed by atoms with Gasteiger partial charge in [-0.05, 0) is 31.9 Å². The quantitative estimate of drug-likeness (QED) is 0.881. The van der Waals surface area contributed by atoms with Gasteiger partial charge in [-0.3, -0.25) is 4.79 Å². The van der Waals surface area contributed by atoms with Gasteiger partial charge in [-0.15, -0.1) is 0 Å². The molecule has 2 fully saturated rings. The second kappa shape index (κ2) is 5.43. The van der Waals surface area contributed by atoms with Crippen molar-refractivity contribution in [3.63, 3.8) is 0 Å². The molecule has 0 unspecified atom stereocenters. The van der Waals surface area contributed by atoms with Gasteiger partial charge in [0.25, 0.3) is 5.91 Å². The molecule has 2 heterocycles. The van der Waals surface area contributed by atoms with Gasteiger partial charge in [-0.1, -0.05) is 0 Å². The van der Waals surface area contributed by atoms with E-state index in [4.69, 9.17) is 10.00 Å². The Kier molecular flexibility index (Phi) is 3.62. The van der Waals surface area contributed by atoms with Crippen LogP contribution in [-0.4, -0.2) is 52.3 Å². The minimum Gasteiger partial charge on any atom is -0.388 e. The number of rotatable bonds is 3. The van der Waals surface area contributed by atoms with Crippen molar-refractivity contribution >= 4 is 5.91 Å². The molecule has 1 aliphatic heterocycles. The fraction of sp³-hybridized carbons (Fsp3) is 0.533. The summed E-state index contributed by atoms with van der Waals surface area (Å²) in [5, 5.41) is 18.9. The van der Waals surface area contributed by atoms with Crippen LogP contribution < -0.4 is 0 Å². The predicted octanol–water partition coefficient (Wildman–Crippen LogP) is 0.626. The van der Waals surface area contributed by atoms with E-state index in [9.17, 15) is 9.90 Å². The van der Waals surface area contributed by atoms with Crippen molar-refractivity contribution in [3.05, 3.63) is 29.1 Å². The maximum atomic E-state index is 12.7. The van der Waals surface area contributed by atoms with E-state index in [1.165, 1.54) is 0 Å². The van der Waals surface area contributed by atoms with Crippen LogP contribution in [-0.2, 0) is 4.74 Å². The van der Waals surface area contributed by atoms with Gasteiger partial charge in [0.2, 0.25) is 0 Å². The average Bonchev–Trinajstić information content (AvgIpc) is 3.22. The van der Waals surface area contributed by atoms with Gasteiger partial charge in [-0.2, -0.15) is 5.26 Å². The monoisotopic (exact) mass is 287 g/mol. The van der Waals surface area contributed by atoms with Crippen molar-refractivity contribution in [1.29, 1.82) is 5.26 Å². The van der Waals surface area contributed by atoms with Crippen LogP contribution in [0.5, 0.6) is 0 Å². The fourth-order valence-corrected chi connectivity index (χ4v) is 2.67. The number of carbonyl (C=O) groups is 1. The number of pyridine rings is 1. The molecule has 2 aliphatic rings. The first-order chi connectivity index (χ1) is 10.1. The Balaban J connectivity index is 1.88. The summed E-state index contributed by atoms with van der Waals surface area (Å²) in [5.41, 5.74) is 1.33. The third kappa shape index (κ3) is 2.62. The molecule has 110 valence electrons. The van der Waals surface area contributed by atoms with Crippen molar-refractivity contribution in [3.8, 4) is 6.07 Å². The molecule has 3 rings (SSSR count). The zero-order chi connectivity index (χ0) is 15.0. The van der Waals surface area contributed by atoms with Crippen LogP contribution in [0, 0.1) is 18.3 Å². The third-order valence-corrected chi connectivity index (χ3v) is 3.98. The van der Waals surface area contributed by atoms with Crippen molar-refractivity contribution in [2.24, 2.45) is 0 Å². The van der Waals surface area contributed by atoms with Gasteiger partial charge in [0.15, 0.2) is 0 Å². The predicted molar refractivity (Wildman–Crippen MR) is 73.5 cm³/mol. The maximum absolute atomic E-state index is 12.7. The lowest BCUT2D eigenvalue weighted by Gasteiger charge is -2.29. The summed E-state index contributed by atoms with van der Waals surface area (Å²) in [6, 6.07) is 5.09. The van der Waals surface area contributed by atoms with E-state index in [-0.39, 0.29) is 24.6 Å². The molecule has 6 nitrogen and oxygen atoms in total. The number of hydrogen-bond acceptors (Lipinski definition) is 5. The third-order valence-electron chi connectivity index (χ3n) is 3.98. The molecular formula is C15H17N3O3. The summed E-state index contributed by atoms with van der Waals surface area (Å²) in [7, 11) is 0. The highest BCUT2D eigenvalue weighted by atomic mass is 16.5. The smallest absolute Gasteiger partial charge is 0.273 e. The van der Waals surface area contributed by atoms with Gasteiger partial charge in [0.1, 0.15) is 11.8 Å². The number of aliphatic hydroxyl groups is 1. The molecule has 1 aromatic rings. The Morgan fingerprint density at radius 3 is 2.76 bits per heavy atom. The summed E-state index contributed by atoms with van der Waals surface area (Å²) in [4.78, 5) is 18.7. The highest BCUT2D eigenvalue weighted by Crippen LogP contribution is 2.32. The van der Waals surface area contributed by atoms with Gasteiger partial charge < -0.3 is 14.7 Å². The Morgan fingerprint density at radius 2 is 2.24 bits per heavy atom. The van der Waals surface area contributed by atoms with E-state index >= 15 is 0 Å². The van der Waals surface area contributed by atoms with E-state index in [1.54, 1.807) is 24.0 Å². The van der Waals surface area contributed by atoms with Gasteiger partial charge >= 0.3 is 0 Å². The number of nitriles is 1. The number of aliphatic hydroxyl groups excluding tert-OH is 1. The largest absolute Gasteiger partial charge is 0.388 e. The molecule has 1 N–H and O–H groups in total. The van der Waals surface area contributed by atoms with Crippen LogP contribution in [0.25, 0.3) is 0 Å². The van der Waals surface area contributed by atoms with Crippen LogP contribution in [0.1, 0.15) is 34.6 Å². The van der Waals surface area contributed by atoms with E-state index < -0.39 is 6.10 Å².